The highest BCUT2D eigenvalue weighted by Gasteiger charge is 2.11. The van der Waals surface area contributed by atoms with Crippen LogP contribution in [-0.2, 0) is 11.4 Å². The summed E-state index contributed by atoms with van der Waals surface area (Å²) >= 11 is 4.95. The molecule has 6 nitrogen and oxygen atoms in total. The lowest BCUT2D eigenvalue weighted by molar-refractivity contribution is -0.115. The summed E-state index contributed by atoms with van der Waals surface area (Å²) in [5, 5.41) is 8.34. The largest absolute Gasteiger partial charge is 0.487 e. The quantitative estimate of drug-likeness (QED) is 0.530. The van der Waals surface area contributed by atoms with Crippen molar-refractivity contribution < 1.29 is 14.3 Å². The number of benzene rings is 2. The number of halogens is 1. The summed E-state index contributed by atoms with van der Waals surface area (Å²) in [6, 6.07) is 12.4. The van der Waals surface area contributed by atoms with Gasteiger partial charge in [0.1, 0.15) is 12.4 Å². The second-order valence-electron chi connectivity index (χ2n) is 6.36. The number of aryl methyl sites for hydroxylation is 2. The summed E-state index contributed by atoms with van der Waals surface area (Å²) in [4.78, 5) is 28.9. The first-order valence-corrected chi connectivity index (χ1v) is 10.6. The minimum Gasteiger partial charge on any atom is -0.487 e. The van der Waals surface area contributed by atoms with Crippen LogP contribution >= 0.6 is 27.3 Å². The molecule has 0 aliphatic heterocycles. The van der Waals surface area contributed by atoms with Crippen LogP contribution in [-0.4, -0.2) is 23.3 Å². The normalized spacial score (nSPS) is 10.4. The van der Waals surface area contributed by atoms with E-state index in [4.69, 9.17) is 4.74 Å². The van der Waals surface area contributed by atoms with E-state index in [2.05, 4.69) is 31.5 Å². The van der Waals surface area contributed by atoms with E-state index in [0.717, 1.165) is 20.7 Å². The van der Waals surface area contributed by atoms with Crippen molar-refractivity contribution in [3.8, 4) is 5.75 Å². The highest BCUT2D eigenvalue weighted by Crippen LogP contribution is 2.20. The Balaban J connectivity index is 1.52. The summed E-state index contributed by atoms with van der Waals surface area (Å²) in [7, 11) is 0. The Bertz CT molecular complexity index is 1040. The fraction of sp³-hybridized carbons (Fsp3) is 0.190. The van der Waals surface area contributed by atoms with Gasteiger partial charge >= 0.3 is 0 Å². The van der Waals surface area contributed by atoms with Gasteiger partial charge in [0.2, 0.25) is 5.91 Å². The zero-order chi connectivity index (χ0) is 20.8. The maximum Gasteiger partial charge on any atom is 0.251 e. The third kappa shape index (κ3) is 6.13. The van der Waals surface area contributed by atoms with Crippen LogP contribution in [0.15, 0.2) is 52.3 Å². The molecular formula is C21H20BrN3O3S. The molecule has 0 saturated carbocycles. The number of carbonyl (C=O) groups excluding carboxylic acids is 2. The third-order valence-corrected chi connectivity index (χ3v) is 5.34. The Hall–Kier alpha value is -2.71. The first kappa shape index (κ1) is 21.0. The van der Waals surface area contributed by atoms with Crippen LogP contribution in [0.1, 0.15) is 26.6 Å². The zero-order valence-corrected chi connectivity index (χ0v) is 18.4. The Kier molecular flexibility index (Phi) is 7.00. The average Bonchev–Trinajstić information content (AvgIpc) is 3.12. The first-order chi connectivity index (χ1) is 13.9. The average molecular weight is 474 g/mol. The topological polar surface area (TPSA) is 80.3 Å². The second-order valence-corrected chi connectivity index (χ2v) is 8.34. The number of hydrogen-bond acceptors (Lipinski definition) is 5. The number of amides is 2. The molecule has 2 amide bonds. The number of anilines is 1. The maximum absolute atomic E-state index is 12.4. The van der Waals surface area contributed by atoms with Gasteiger partial charge in [-0.3, -0.25) is 9.59 Å². The number of rotatable bonds is 7. The van der Waals surface area contributed by atoms with Gasteiger partial charge in [-0.2, -0.15) is 0 Å². The number of thiazole rings is 1. The first-order valence-electron chi connectivity index (χ1n) is 8.89. The number of nitrogens with one attached hydrogen (secondary N) is 2. The Labute approximate surface area is 181 Å². The van der Waals surface area contributed by atoms with Gasteiger partial charge in [-0.1, -0.05) is 22.0 Å². The van der Waals surface area contributed by atoms with Crippen molar-refractivity contribution in [1.82, 2.24) is 10.3 Å². The lowest BCUT2D eigenvalue weighted by Gasteiger charge is -2.10. The van der Waals surface area contributed by atoms with Crippen LogP contribution in [0.2, 0.25) is 0 Å². The molecule has 2 N–H and O–H groups in total. The van der Waals surface area contributed by atoms with Crippen LogP contribution in [0.3, 0.4) is 0 Å². The molecule has 0 bridgehead atoms. The van der Waals surface area contributed by atoms with Crippen LogP contribution in [0.25, 0.3) is 0 Å². The van der Waals surface area contributed by atoms with Gasteiger partial charge < -0.3 is 15.4 Å². The minimum atomic E-state index is -0.345. The van der Waals surface area contributed by atoms with Gasteiger partial charge in [0.15, 0.2) is 0 Å². The fourth-order valence-electron chi connectivity index (χ4n) is 2.58. The van der Waals surface area contributed by atoms with E-state index in [-0.39, 0.29) is 18.4 Å². The molecule has 3 aromatic rings. The van der Waals surface area contributed by atoms with Crippen LogP contribution < -0.4 is 15.4 Å². The van der Waals surface area contributed by atoms with Crippen molar-refractivity contribution in [2.45, 2.75) is 20.5 Å². The van der Waals surface area contributed by atoms with Gasteiger partial charge in [-0.05, 0) is 55.8 Å². The molecule has 0 unspecified atom stereocenters. The van der Waals surface area contributed by atoms with Gasteiger partial charge in [-0.25, -0.2) is 4.98 Å². The molecule has 0 saturated heterocycles. The van der Waals surface area contributed by atoms with E-state index in [0.29, 0.717) is 23.6 Å². The molecule has 150 valence electrons. The van der Waals surface area contributed by atoms with E-state index in [1.165, 1.54) is 0 Å². The molecule has 2 aromatic carbocycles. The molecule has 0 fully saturated rings. The summed E-state index contributed by atoms with van der Waals surface area (Å²) in [5.74, 6) is -0.0732. The molecular weight excluding hydrogens is 454 g/mol. The smallest absolute Gasteiger partial charge is 0.251 e. The number of nitrogens with zero attached hydrogens (tertiary/aromatic N) is 1. The highest BCUT2D eigenvalue weighted by atomic mass is 79.9. The van der Waals surface area contributed by atoms with Crippen molar-refractivity contribution in [3.63, 3.8) is 0 Å². The summed E-state index contributed by atoms with van der Waals surface area (Å²) in [5.41, 5.74) is 2.91. The predicted molar refractivity (Wildman–Crippen MR) is 117 cm³/mol. The molecule has 8 heteroatoms. The SMILES string of the molecule is Cc1nc(COc2cccc(C(=O)NCC(=O)Nc3ccc(Br)cc3C)c2)cs1. The van der Waals surface area contributed by atoms with Crippen molar-refractivity contribution in [3.05, 3.63) is 74.1 Å². The third-order valence-electron chi connectivity index (χ3n) is 4.02. The lowest BCUT2D eigenvalue weighted by atomic mass is 10.2. The Morgan fingerprint density at radius 1 is 1.17 bits per heavy atom. The summed E-state index contributed by atoms with van der Waals surface area (Å²) in [6.07, 6.45) is 0. The van der Waals surface area contributed by atoms with Gasteiger partial charge in [0, 0.05) is 21.1 Å². The van der Waals surface area contributed by atoms with Gasteiger partial charge in [-0.15, -0.1) is 11.3 Å². The summed E-state index contributed by atoms with van der Waals surface area (Å²) in [6.45, 7) is 4.05. The molecule has 1 aromatic heterocycles. The highest BCUT2D eigenvalue weighted by molar-refractivity contribution is 9.10. The van der Waals surface area contributed by atoms with Gasteiger partial charge in [0.05, 0.1) is 17.2 Å². The van der Waals surface area contributed by atoms with E-state index in [1.54, 1.807) is 35.6 Å². The molecule has 1 heterocycles. The minimum absolute atomic E-state index is 0.127. The molecule has 0 aliphatic rings. The molecule has 29 heavy (non-hydrogen) atoms. The number of aromatic nitrogens is 1. The van der Waals surface area contributed by atoms with Crippen LogP contribution in [0.4, 0.5) is 5.69 Å². The Morgan fingerprint density at radius 3 is 2.72 bits per heavy atom. The second kappa shape index (κ2) is 9.67. The lowest BCUT2D eigenvalue weighted by Crippen LogP contribution is -2.33. The molecule has 3 rings (SSSR count). The fourth-order valence-corrected chi connectivity index (χ4v) is 3.66. The Morgan fingerprint density at radius 2 is 2.00 bits per heavy atom. The molecule has 0 radical (unpaired) electrons. The van der Waals surface area contributed by atoms with Gasteiger partial charge in [0.25, 0.3) is 5.91 Å². The van der Waals surface area contributed by atoms with Crippen LogP contribution in [0, 0.1) is 13.8 Å². The predicted octanol–water partition coefficient (Wildman–Crippen LogP) is 4.47. The standard InChI is InChI=1S/C21H20BrN3O3S/c1-13-8-16(22)6-7-19(13)25-20(26)10-23-21(27)15-4-3-5-18(9-15)28-11-17-12-29-14(2)24-17/h3-9,12H,10-11H2,1-2H3,(H,23,27)(H,25,26). The van der Waals surface area contributed by atoms with Crippen molar-refractivity contribution in [1.29, 1.82) is 0 Å². The molecule has 0 atom stereocenters. The molecule has 0 aliphatic carbocycles. The van der Waals surface area contributed by atoms with E-state index in [9.17, 15) is 9.59 Å². The molecule has 0 spiro atoms. The van der Waals surface area contributed by atoms with Crippen molar-refractivity contribution >= 4 is 44.8 Å². The van der Waals surface area contributed by atoms with Crippen LogP contribution in [0.5, 0.6) is 5.75 Å². The number of hydrogen-bond donors (Lipinski definition) is 2. The number of carbonyl (C=O) groups is 2. The van der Waals surface area contributed by atoms with Crippen molar-refractivity contribution in [2.24, 2.45) is 0 Å². The number of ether oxygens (including phenoxy) is 1. The van der Waals surface area contributed by atoms with E-state index in [1.807, 2.05) is 37.4 Å². The maximum atomic E-state index is 12.4. The van der Waals surface area contributed by atoms with E-state index < -0.39 is 0 Å². The van der Waals surface area contributed by atoms with E-state index >= 15 is 0 Å². The summed E-state index contributed by atoms with van der Waals surface area (Å²) < 4.78 is 6.64. The van der Waals surface area contributed by atoms with Crippen molar-refractivity contribution in [2.75, 3.05) is 11.9 Å². The zero-order valence-electron chi connectivity index (χ0n) is 16.0. The monoisotopic (exact) mass is 473 g/mol.